The lowest BCUT2D eigenvalue weighted by Crippen LogP contribution is -2.53. The van der Waals surface area contributed by atoms with Crippen LogP contribution < -0.4 is 10.6 Å². The third-order valence-electron chi connectivity index (χ3n) is 5.90. The topological polar surface area (TPSA) is 98.7 Å². The van der Waals surface area contributed by atoms with Gasteiger partial charge in [-0.25, -0.2) is 0 Å². The SMILES string of the molecule is CC1c2cc(C3(O)CCNCC3)ccc2C(=O)N1C1CCC(=O)NC1=O.Cl. The zero-order valence-corrected chi connectivity index (χ0v) is 16.0. The average Bonchev–Trinajstić information content (AvgIpc) is 2.87. The maximum absolute atomic E-state index is 12.9. The molecule has 3 aliphatic heterocycles. The van der Waals surface area contributed by atoms with E-state index in [0.29, 0.717) is 24.8 Å². The summed E-state index contributed by atoms with van der Waals surface area (Å²) in [5.41, 5.74) is 1.35. The van der Waals surface area contributed by atoms with Crippen molar-refractivity contribution < 1.29 is 19.5 Å². The van der Waals surface area contributed by atoms with Gasteiger partial charge in [0.15, 0.2) is 0 Å². The van der Waals surface area contributed by atoms with Gasteiger partial charge in [-0.3, -0.25) is 19.7 Å². The van der Waals surface area contributed by atoms with E-state index in [4.69, 9.17) is 0 Å². The Hall–Kier alpha value is -1.96. The van der Waals surface area contributed by atoms with Crippen LogP contribution in [0.2, 0.25) is 0 Å². The summed E-state index contributed by atoms with van der Waals surface area (Å²) in [5.74, 6) is -0.893. The molecular weight excluding hydrogens is 370 g/mol. The first-order valence-electron chi connectivity index (χ1n) is 9.14. The molecule has 0 aliphatic carbocycles. The van der Waals surface area contributed by atoms with Crippen molar-refractivity contribution in [1.82, 2.24) is 15.5 Å². The van der Waals surface area contributed by atoms with Gasteiger partial charge >= 0.3 is 0 Å². The second kappa shape index (κ2) is 7.22. The summed E-state index contributed by atoms with van der Waals surface area (Å²) in [4.78, 5) is 38.1. The summed E-state index contributed by atoms with van der Waals surface area (Å²) >= 11 is 0. The van der Waals surface area contributed by atoms with Crippen molar-refractivity contribution in [2.45, 2.75) is 50.3 Å². The zero-order valence-electron chi connectivity index (χ0n) is 15.2. The Labute approximate surface area is 163 Å². The highest BCUT2D eigenvalue weighted by molar-refractivity contribution is 6.05. The Morgan fingerprint density at radius 2 is 1.89 bits per heavy atom. The van der Waals surface area contributed by atoms with Crippen molar-refractivity contribution in [3.63, 3.8) is 0 Å². The minimum absolute atomic E-state index is 0. The molecule has 1 aromatic carbocycles. The molecule has 8 heteroatoms. The quantitative estimate of drug-likeness (QED) is 0.651. The average molecular weight is 394 g/mol. The third-order valence-corrected chi connectivity index (χ3v) is 5.90. The fourth-order valence-electron chi connectivity index (χ4n) is 4.35. The summed E-state index contributed by atoms with van der Waals surface area (Å²) in [6.45, 7) is 3.40. The number of halogens is 1. The minimum atomic E-state index is -0.884. The molecule has 3 heterocycles. The van der Waals surface area contributed by atoms with E-state index in [2.05, 4.69) is 10.6 Å². The van der Waals surface area contributed by atoms with Crippen molar-refractivity contribution in [3.05, 3.63) is 34.9 Å². The number of carbonyl (C=O) groups excluding carboxylic acids is 3. The number of amides is 3. The molecule has 2 saturated heterocycles. The lowest BCUT2D eigenvalue weighted by Gasteiger charge is -2.34. The minimum Gasteiger partial charge on any atom is -0.385 e. The third kappa shape index (κ3) is 3.24. The summed E-state index contributed by atoms with van der Waals surface area (Å²) in [7, 11) is 0. The number of nitrogens with one attached hydrogen (secondary N) is 2. The van der Waals surface area contributed by atoms with Crippen LogP contribution >= 0.6 is 12.4 Å². The Bertz CT molecular complexity index is 791. The van der Waals surface area contributed by atoms with Crippen molar-refractivity contribution in [2.75, 3.05) is 13.1 Å². The molecule has 27 heavy (non-hydrogen) atoms. The van der Waals surface area contributed by atoms with Gasteiger partial charge in [0.05, 0.1) is 11.6 Å². The molecule has 2 fully saturated rings. The molecular formula is C19H24ClN3O4. The second-order valence-corrected chi connectivity index (χ2v) is 7.44. The molecule has 1 aromatic rings. The number of piperidine rings is 2. The van der Waals surface area contributed by atoms with Gasteiger partial charge in [0.25, 0.3) is 5.91 Å². The van der Waals surface area contributed by atoms with Crippen LogP contribution in [0.1, 0.15) is 60.1 Å². The van der Waals surface area contributed by atoms with Crippen LogP contribution in [0.3, 0.4) is 0 Å². The van der Waals surface area contributed by atoms with Gasteiger partial charge < -0.3 is 15.3 Å². The molecule has 0 bridgehead atoms. The number of nitrogens with zero attached hydrogens (tertiary/aromatic N) is 1. The number of imide groups is 1. The first-order chi connectivity index (χ1) is 12.4. The Morgan fingerprint density at radius 3 is 2.56 bits per heavy atom. The summed E-state index contributed by atoms with van der Waals surface area (Å²) in [6, 6.07) is 4.59. The highest BCUT2D eigenvalue weighted by Crippen LogP contribution is 2.40. The fraction of sp³-hybridized carbons (Fsp3) is 0.526. The summed E-state index contributed by atoms with van der Waals surface area (Å²) in [6.07, 6.45) is 1.84. The van der Waals surface area contributed by atoms with Gasteiger partial charge in [0.1, 0.15) is 6.04 Å². The maximum atomic E-state index is 12.9. The Morgan fingerprint density at radius 1 is 1.19 bits per heavy atom. The van der Waals surface area contributed by atoms with E-state index in [9.17, 15) is 19.5 Å². The molecule has 0 aromatic heterocycles. The highest BCUT2D eigenvalue weighted by atomic mass is 35.5. The lowest BCUT2D eigenvalue weighted by molar-refractivity contribution is -0.137. The molecule has 3 N–H and O–H groups in total. The number of aliphatic hydroxyl groups is 1. The number of hydrogen-bond donors (Lipinski definition) is 3. The van der Waals surface area contributed by atoms with Crippen LogP contribution in [-0.2, 0) is 15.2 Å². The monoisotopic (exact) mass is 393 g/mol. The molecule has 0 radical (unpaired) electrons. The van der Waals surface area contributed by atoms with E-state index >= 15 is 0 Å². The van der Waals surface area contributed by atoms with Crippen LogP contribution in [0.15, 0.2) is 18.2 Å². The first kappa shape index (κ1) is 19.8. The van der Waals surface area contributed by atoms with Crippen molar-refractivity contribution >= 4 is 30.1 Å². The van der Waals surface area contributed by atoms with Crippen molar-refractivity contribution in [2.24, 2.45) is 0 Å². The Balaban J connectivity index is 0.00000210. The number of rotatable bonds is 2. The molecule has 0 saturated carbocycles. The molecule has 0 spiro atoms. The predicted octanol–water partition coefficient (Wildman–Crippen LogP) is 1.00. The highest BCUT2D eigenvalue weighted by Gasteiger charge is 2.44. The van der Waals surface area contributed by atoms with E-state index in [1.54, 1.807) is 11.0 Å². The number of hydrogen-bond acceptors (Lipinski definition) is 5. The van der Waals surface area contributed by atoms with Gasteiger partial charge in [0.2, 0.25) is 11.8 Å². The van der Waals surface area contributed by atoms with E-state index in [-0.39, 0.29) is 36.7 Å². The molecule has 3 aliphatic rings. The van der Waals surface area contributed by atoms with Gasteiger partial charge in [-0.05, 0) is 56.5 Å². The molecule has 2 atom stereocenters. The predicted molar refractivity (Wildman–Crippen MR) is 100 cm³/mol. The molecule has 2 unspecified atom stereocenters. The van der Waals surface area contributed by atoms with E-state index < -0.39 is 17.6 Å². The smallest absolute Gasteiger partial charge is 0.255 e. The van der Waals surface area contributed by atoms with Gasteiger partial charge in [-0.15, -0.1) is 12.4 Å². The first-order valence-corrected chi connectivity index (χ1v) is 9.14. The lowest BCUT2D eigenvalue weighted by atomic mass is 9.83. The number of carbonyl (C=O) groups is 3. The van der Waals surface area contributed by atoms with E-state index in [1.165, 1.54) is 0 Å². The maximum Gasteiger partial charge on any atom is 0.255 e. The van der Waals surface area contributed by atoms with Gasteiger partial charge in [-0.1, -0.05) is 12.1 Å². The van der Waals surface area contributed by atoms with E-state index in [1.807, 2.05) is 19.1 Å². The molecule has 7 nitrogen and oxygen atoms in total. The van der Waals surface area contributed by atoms with Crippen LogP contribution in [0.5, 0.6) is 0 Å². The van der Waals surface area contributed by atoms with Gasteiger partial charge in [-0.2, -0.15) is 0 Å². The van der Waals surface area contributed by atoms with Crippen LogP contribution in [0.4, 0.5) is 0 Å². The van der Waals surface area contributed by atoms with Gasteiger partial charge in [0, 0.05) is 12.0 Å². The molecule has 3 amide bonds. The number of fused-ring (bicyclic) bond motifs is 1. The van der Waals surface area contributed by atoms with Crippen LogP contribution in [0.25, 0.3) is 0 Å². The molecule has 146 valence electrons. The normalized spacial score (nSPS) is 27.0. The van der Waals surface area contributed by atoms with Crippen LogP contribution in [-0.4, -0.2) is 46.9 Å². The number of benzene rings is 1. The zero-order chi connectivity index (χ0) is 18.5. The second-order valence-electron chi connectivity index (χ2n) is 7.44. The largest absolute Gasteiger partial charge is 0.385 e. The van der Waals surface area contributed by atoms with E-state index in [0.717, 1.165) is 24.2 Å². The van der Waals surface area contributed by atoms with Crippen LogP contribution in [0, 0.1) is 0 Å². The summed E-state index contributed by atoms with van der Waals surface area (Å²) < 4.78 is 0. The fourth-order valence-corrected chi connectivity index (χ4v) is 4.35. The van der Waals surface area contributed by atoms with Crippen molar-refractivity contribution in [3.8, 4) is 0 Å². The Kier molecular flexibility index (Phi) is 5.29. The standard InChI is InChI=1S/C19H23N3O4.ClH/c1-11-14-10-12(19(26)6-8-20-9-7-19)2-3-13(14)18(25)22(11)15-4-5-16(23)21-17(15)24;/h2-3,10-11,15,20,26H,4-9H2,1H3,(H,21,23,24);1H. The summed E-state index contributed by atoms with van der Waals surface area (Å²) in [5, 5.41) is 16.5. The van der Waals surface area contributed by atoms with Crippen molar-refractivity contribution in [1.29, 1.82) is 0 Å². The molecule has 4 rings (SSSR count).